The maximum atomic E-state index is 5.79. The fourth-order valence-corrected chi connectivity index (χ4v) is 2.01. The fraction of sp³-hybridized carbons (Fsp3) is 0.438. The van der Waals surface area contributed by atoms with Crippen LogP contribution in [0.5, 0.6) is 5.75 Å². The molecular formula is C16H23N3O2. The van der Waals surface area contributed by atoms with E-state index < -0.39 is 0 Å². The van der Waals surface area contributed by atoms with Gasteiger partial charge in [-0.15, -0.1) is 0 Å². The quantitative estimate of drug-likeness (QED) is 0.697. The van der Waals surface area contributed by atoms with E-state index in [1.807, 2.05) is 37.3 Å². The van der Waals surface area contributed by atoms with Gasteiger partial charge in [-0.3, -0.25) is 5.10 Å². The monoisotopic (exact) mass is 289 g/mol. The summed E-state index contributed by atoms with van der Waals surface area (Å²) in [5.74, 6) is 0.832. The van der Waals surface area contributed by atoms with Crippen LogP contribution in [0, 0.1) is 0 Å². The lowest BCUT2D eigenvalue weighted by molar-refractivity contribution is 0.110. The zero-order chi connectivity index (χ0) is 14.9. The van der Waals surface area contributed by atoms with Crippen molar-refractivity contribution in [1.82, 2.24) is 15.5 Å². The molecule has 2 rings (SSSR count). The van der Waals surface area contributed by atoms with Crippen LogP contribution in [-0.4, -0.2) is 36.6 Å². The maximum Gasteiger partial charge on any atom is 0.128 e. The van der Waals surface area contributed by atoms with Crippen molar-refractivity contribution in [2.24, 2.45) is 0 Å². The molecule has 21 heavy (non-hydrogen) atoms. The molecule has 0 saturated heterocycles. The van der Waals surface area contributed by atoms with Crippen LogP contribution >= 0.6 is 0 Å². The van der Waals surface area contributed by atoms with E-state index in [2.05, 4.69) is 22.4 Å². The molecule has 0 amide bonds. The third-order valence-corrected chi connectivity index (χ3v) is 3.05. The number of ether oxygens (including phenoxy) is 2. The van der Waals surface area contributed by atoms with E-state index in [-0.39, 0.29) is 0 Å². The van der Waals surface area contributed by atoms with E-state index >= 15 is 0 Å². The summed E-state index contributed by atoms with van der Waals surface area (Å²) in [6, 6.07) is 9.98. The molecule has 0 unspecified atom stereocenters. The number of rotatable bonds is 9. The zero-order valence-corrected chi connectivity index (χ0v) is 12.7. The van der Waals surface area contributed by atoms with E-state index in [1.54, 1.807) is 0 Å². The van der Waals surface area contributed by atoms with Crippen molar-refractivity contribution in [2.75, 3.05) is 26.4 Å². The lowest BCUT2D eigenvalue weighted by Crippen LogP contribution is -2.11. The summed E-state index contributed by atoms with van der Waals surface area (Å²) in [7, 11) is 0. The zero-order valence-electron chi connectivity index (χ0n) is 12.7. The first-order chi connectivity index (χ1) is 10.3. The second-order valence-corrected chi connectivity index (χ2v) is 4.60. The Hall–Kier alpha value is -1.85. The molecule has 1 aromatic carbocycles. The Bertz CT molecular complexity index is 540. The summed E-state index contributed by atoms with van der Waals surface area (Å²) in [6.45, 7) is 7.62. The van der Waals surface area contributed by atoms with Gasteiger partial charge in [0, 0.05) is 24.4 Å². The van der Waals surface area contributed by atoms with Gasteiger partial charge in [0.15, 0.2) is 0 Å². The Labute approximate surface area is 125 Å². The molecule has 2 N–H and O–H groups in total. The maximum absolute atomic E-state index is 5.79. The average molecular weight is 289 g/mol. The van der Waals surface area contributed by atoms with Crippen LogP contribution in [0.2, 0.25) is 0 Å². The largest absolute Gasteiger partial charge is 0.490 e. The molecule has 0 aliphatic heterocycles. The number of aromatic amines is 1. The topological polar surface area (TPSA) is 59.2 Å². The van der Waals surface area contributed by atoms with Gasteiger partial charge < -0.3 is 14.8 Å². The van der Waals surface area contributed by atoms with E-state index in [4.69, 9.17) is 9.47 Å². The highest BCUT2D eigenvalue weighted by Gasteiger charge is 2.09. The van der Waals surface area contributed by atoms with E-state index in [1.165, 1.54) is 0 Å². The third-order valence-electron chi connectivity index (χ3n) is 3.05. The highest BCUT2D eigenvalue weighted by molar-refractivity contribution is 5.67. The summed E-state index contributed by atoms with van der Waals surface area (Å²) in [5, 5.41) is 10.7. The molecule has 0 aliphatic rings. The van der Waals surface area contributed by atoms with Crippen molar-refractivity contribution < 1.29 is 9.47 Å². The van der Waals surface area contributed by atoms with Crippen LogP contribution < -0.4 is 10.1 Å². The first-order valence-electron chi connectivity index (χ1n) is 7.40. The fourth-order valence-electron chi connectivity index (χ4n) is 2.01. The SMILES string of the molecule is CCNCc1cc(-c2ccccc2OCCOCC)n[nH]1. The van der Waals surface area contributed by atoms with E-state index in [0.29, 0.717) is 19.8 Å². The van der Waals surface area contributed by atoms with Crippen LogP contribution in [0.4, 0.5) is 0 Å². The molecule has 1 heterocycles. The van der Waals surface area contributed by atoms with Gasteiger partial charge in [0.05, 0.1) is 12.3 Å². The standard InChI is InChI=1S/C16H23N3O2/c1-3-17-12-13-11-15(19-18-13)14-7-5-6-8-16(14)21-10-9-20-4-2/h5-8,11,17H,3-4,9-10,12H2,1-2H3,(H,18,19). The molecular weight excluding hydrogens is 266 g/mol. The average Bonchev–Trinajstić information content (AvgIpc) is 2.98. The predicted octanol–water partition coefficient (Wildman–Crippen LogP) is 2.60. The van der Waals surface area contributed by atoms with Crippen molar-refractivity contribution in [3.8, 4) is 17.0 Å². The third kappa shape index (κ3) is 4.58. The number of H-pyrrole nitrogens is 1. The summed E-state index contributed by atoms with van der Waals surface area (Å²) < 4.78 is 11.1. The number of para-hydroxylation sites is 1. The van der Waals surface area contributed by atoms with Crippen LogP contribution in [-0.2, 0) is 11.3 Å². The van der Waals surface area contributed by atoms with Gasteiger partial charge in [0.2, 0.25) is 0 Å². The van der Waals surface area contributed by atoms with Crippen molar-refractivity contribution in [3.63, 3.8) is 0 Å². The number of hydrogen-bond donors (Lipinski definition) is 2. The summed E-state index contributed by atoms with van der Waals surface area (Å²) >= 11 is 0. The van der Waals surface area contributed by atoms with Crippen LogP contribution in [0.1, 0.15) is 19.5 Å². The van der Waals surface area contributed by atoms with E-state index in [9.17, 15) is 0 Å². The second kappa shape index (κ2) is 8.44. The van der Waals surface area contributed by atoms with Gasteiger partial charge >= 0.3 is 0 Å². The van der Waals surface area contributed by atoms with Crippen LogP contribution in [0.3, 0.4) is 0 Å². The summed E-state index contributed by atoms with van der Waals surface area (Å²) in [6.07, 6.45) is 0. The van der Waals surface area contributed by atoms with Gasteiger partial charge in [0.25, 0.3) is 0 Å². The van der Waals surface area contributed by atoms with Crippen molar-refractivity contribution in [1.29, 1.82) is 0 Å². The Morgan fingerprint density at radius 2 is 2.05 bits per heavy atom. The number of nitrogens with one attached hydrogen (secondary N) is 2. The minimum absolute atomic E-state index is 0.541. The number of hydrogen-bond acceptors (Lipinski definition) is 4. The molecule has 1 aromatic heterocycles. The van der Waals surface area contributed by atoms with Gasteiger partial charge in [-0.2, -0.15) is 5.10 Å². The molecule has 5 heteroatoms. The highest BCUT2D eigenvalue weighted by Crippen LogP contribution is 2.28. The Morgan fingerprint density at radius 1 is 1.19 bits per heavy atom. The molecule has 0 bridgehead atoms. The molecule has 0 spiro atoms. The van der Waals surface area contributed by atoms with Crippen LogP contribution in [0.25, 0.3) is 11.3 Å². The van der Waals surface area contributed by atoms with Gasteiger partial charge in [-0.25, -0.2) is 0 Å². The molecule has 2 aromatic rings. The molecule has 114 valence electrons. The molecule has 0 aliphatic carbocycles. The van der Waals surface area contributed by atoms with Gasteiger partial charge in [-0.1, -0.05) is 19.1 Å². The van der Waals surface area contributed by atoms with Crippen molar-refractivity contribution in [2.45, 2.75) is 20.4 Å². The Kier molecular flexibility index (Phi) is 6.24. The first-order valence-corrected chi connectivity index (χ1v) is 7.40. The minimum atomic E-state index is 0.541. The smallest absolute Gasteiger partial charge is 0.128 e. The molecule has 5 nitrogen and oxygen atoms in total. The number of nitrogens with zero attached hydrogens (tertiary/aromatic N) is 1. The van der Waals surface area contributed by atoms with Gasteiger partial charge in [0.1, 0.15) is 12.4 Å². The summed E-state index contributed by atoms with van der Waals surface area (Å²) in [4.78, 5) is 0. The van der Waals surface area contributed by atoms with E-state index in [0.717, 1.165) is 35.8 Å². The van der Waals surface area contributed by atoms with Gasteiger partial charge in [-0.05, 0) is 31.7 Å². The molecule has 0 radical (unpaired) electrons. The molecule has 0 fully saturated rings. The number of benzene rings is 1. The molecule has 0 atom stereocenters. The minimum Gasteiger partial charge on any atom is -0.490 e. The lowest BCUT2D eigenvalue weighted by Gasteiger charge is -2.09. The highest BCUT2D eigenvalue weighted by atomic mass is 16.5. The Balaban J connectivity index is 2.06. The van der Waals surface area contributed by atoms with Crippen LogP contribution in [0.15, 0.2) is 30.3 Å². The first kappa shape index (κ1) is 15.5. The molecule has 0 saturated carbocycles. The number of aromatic nitrogens is 2. The van der Waals surface area contributed by atoms with Crippen molar-refractivity contribution >= 4 is 0 Å². The normalized spacial score (nSPS) is 10.8. The lowest BCUT2D eigenvalue weighted by atomic mass is 10.1. The predicted molar refractivity (Wildman–Crippen MR) is 83.4 cm³/mol. The summed E-state index contributed by atoms with van der Waals surface area (Å²) in [5.41, 5.74) is 2.96. The Morgan fingerprint density at radius 3 is 2.86 bits per heavy atom. The van der Waals surface area contributed by atoms with Crippen molar-refractivity contribution in [3.05, 3.63) is 36.0 Å². The second-order valence-electron chi connectivity index (χ2n) is 4.60.